The lowest BCUT2D eigenvalue weighted by molar-refractivity contribution is 0.340. The standard InChI is InChI=1S/C15H19N3O2/c1-2-19-13-5-3-4-10(9-13)14-17-15(20-18-14)11-6-7-12(16)8-11/h3-5,9,11-12H,2,6-8,16H2,1H3. The molecule has 0 aliphatic heterocycles. The second-order valence-electron chi connectivity index (χ2n) is 5.19. The lowest BCUT2D eigenvalue weighted by Crippen LogP contribution is -2.14. The van der Waals surface area contributed by atoms with Crippen molar-refractivity contribution in [1.82, 2.24) is 10.1 Å². The van der Waals surface area contributed by atoms with Crippen molar-refractivity contribution in [2.75, 3.05) is 6.61 Å². The van der Waals surface area contributed by atoms with Crippen molar-refractivity contribution in [3.63, 3.8) is 0 Å². The van der Waals surface area contributed by atoms with Gasteiger partial charge in [0.2, 0.25) is 11.7 Å². The normalized spacial score (nSPS) is 22.1. The van der Waals surface area contributed by atoms with Crippen LogP contribution in [0.15, 0.2) is 28.8 Å². The third kappa shape index (κ3) is 2.67. The molecule has 3 rings (SSSR count). The predicted octanol–water partition coefficient (Wildman–Crippen LogP) is 2.73. The first-order chi connectivity index (χ1) is 9.76. The van der Waals surface area contributed by atoms with E-state index in [4.69, 9.17) is 15.0 Å². The molecule has 1 aromatic heterocycles. The molecule has 0 radical (unpaired) electrons. The Labute approximate surface area is 118 Å². The van der Waals surface area contributed by atoms with E-state index in [0.29, 0.717) is 24.2 Å². The molecule has 106 valence electrons. The van der Waals surface area contributed by atoms with Gasteiger partial charge in [-0.2, -0.15) is 4.98 Å². The summed E-state index contributed by atoms with van der Waals surface area (Å²) in [4.78, 5) is 4.51. The highest BCUT2D eigenvalue weighted by Gasteiger charge is 2.28. The van der Waals surface area contributed by atoms with Crippen LogP contribution in [0.25, 0.3) is 11.4 Å². The summed E-state index contributed by atoms with van der Waals surface area (Å²) in [5.41, 5.74) is 6.84. The molecule has 1 aromatic carbocycles. The molecule has 0 amide bonds. The van der Waals surface area contributed by atoms with Crippen LogP contribution in [-0.2, 0) is 0 Å². The molecule has 0 spiro atoms. The fourth-order valence-corrected chi connectivity index (χ4v) is 2.65. The topological polar surface area (TPSA) is 74.2 Å². The molecule has 2 atom stereocenters. The quantitative estimate of drug-likeness (QED) is 0.927. The van der Waals surface area contributed by atoms with Gasteiger partial charge in [0, 0.05) is 17.5 Å². The van der Waals surface area contributed by atoms with Gasteiger partial charge in [0.1, 0.15) is 5.75 Å². The van der Waals surface area contributed by atoms with E-state index in [1.54, 1.807) is 0 Å². The number of rotatable bonds is 4. The van der Waals surface area contributed by atoms with Crippen LogP contribution >= 0.6 is 0 Å². The molecular weight excluding hydrogens is 254 g/mol. The van der Waals surface area contributed by atoms with Crippen molar-refractivity contribution in [3.8, 4) is 17.1 Å². The molecule has 20 heavy (non-hydrogen) atoms. The molecule has 0 saturated heterocycles. The van der Waals surface area contributed by atoms with Crippen molar-refractivity contribution in [1.29, 1.82) is 0 Å². The van der Waals surface area contributed by atoms with Crippen LogP contribution in [0, 0.1) is 0 Å². The van der Waals surface area contributed by atoms with E-state index in [1.807, 2.05) is 31.2 Å². The molecule has 5 heteroatoms. The molecular formula is C15H19N3O2. The second-order valence-corrected chi connectivity index (χ2v) is 5.19. The van der Waals surface area contributed by atoms with Crippen molar-refractivity contribution < 1.29 is 9.26 Å². The van der Waals surface area contributed by atoms with Crippen LogP contribution in [-0.4, -0.2) is 22.8 Å². The van der Waals surface area contributed by atoms with Gasteiger partial charge in [-0.3, -0.25) is 0 Å². The number of benzene rings is 1. The van der Waals surface area contributed by atoms with Crippen LogP contribution in [0.3, 0.4) is 0 Å². The number of hydrogen-bond acceptors (Lipinski definition) is 5. The SMILES string of the molecule is CCOc1cccc(-c2noc(C3CCC(N)C3)n2)c1. The fourth-order valence-electron chi connectivity index (χ4n) is 2.65. The van der Waals surface area contributed by atoms with Gasteiger partial charge in [0.15, 0.2) is 0 Å². The molecule has 2 N–H and O–H groups in total. The van der Waals surface area contributed by atoms with Gasteiger partial charge >= 0.3 is 0 Å². The van der Waals surface area contributed by atoms with Gasteiger partial charge in [-0.1, -0.05) is 17.3 Å². The maximum absolute atomic E-state index is 5.93. The van der Waals surface area contributed by atoms with Crippen molar-refractivity contribution in [3.05, 3.63) is 30.2 Å². The Balaban J connectivity index is 1.81. The molecule has 1 heterocycles. The maximum atomic E-state index is 5.93. The zero-order chi connectivity index (χ0) is 13.9. The predicted molar refractivity (Wildman–Crippen MR) is 75.5 cm³/mol. The average Bonchev–Trinajstić information content (AvgIpc) is 3.08. The van der Waals surface area contributed by atoms with Crippen LogP contribution in [0.5, 0.6) is 5.75 Å². The Morgan fingerprint density at radius 3 is 3.05 bits per heavy atom. The Morgan fingerprint density at radius 1 is 1.40 bits per heavy atom. The molecule has 1 fully saturated rings. The van der Waals surface area contributed by atoms with Crippen molar-refractivity contribution in [2.45, 2.75) is 38.1 Å². The largest absolute Gasteiger partial charge is 0.494 e. The van der Waals surface area contributed by atoms with Crippen molar-refractivity contribution in [2.24, 2.45) is 5.73 Å². The van der Waals surface area contributed by atoms with E-state index in [2.05, 4.69) is 10.1 Å². The summed E-state index contributed by atoms with van der Waals surface area (Å²) in [6.07, 6.45) is 2.99. The second kappa shape index (κ2) is 5.63. The van der Waals surface area contributed by atoms with Gasteiger partial charge in [-0.05, 0) is 38.3 Å². The highest BCUT2D eigenvalue weighted by atomic mass is 16.5. The summed E-state index contributed by atoms with van der Waals surface area (Å²) in [7, 11) is 0. The van der Waals surface area contributed by atoms with E-state index in [1.165, 1.54) is 0 Å². The first kappa shape index (κ1) is 13.1. The smallest absolute Gasteiger partial charge is 0.230 e. The highest BCUT2D eigenvalue weighted by molar-refractivity contribution is 5.56. The molecule has 1 aliphatic carbocycles. The summed E-state index contributed by atoms with van der Waals surface area (Å²) in [6.45, 7) is 2.60. The van der Waals surface area contributed by atoms with Crippen LogP contribution in [0.4, 0.5) is 0 Å². The maximum Gasteiger partial charge on any atom is 0.230 e. The van der Waals surface area contributed by atoms with E-state index >= 15 is 0 Å². The third-order valence-electron chi connectivity index (χ3n) is 3.67. The van der Waals surface area contributed by atoms with Gasteiger partial charge in [0.25, 0.3) is 0 Å². The molecule has 1 aliphatic rings. The summed E-state index contributed by atoms with van der Waals surface area (Å²) >= 11 is 0. The summed E-state index contributed by atoms with van der Waals surface area (Å²) in [6, 6.07) is 8.00. The lowest BCUT2D eigenvalue weighted by Gasteiger charge is -2.03. The first-order valence-corrected chi connectivity index (χ1v) is 7.08. The van der Waals surface area contributed by atoms with Crippen LogP contribution in [0.1, 0.15) is 38.0 Å². The minimum Gasteiger partial charge on any atom is -0.494 e. The zero-order valence-corrected chi connectivity index (χ0v) is 11.6. The number of ether oxygens (including phenoxy) is 1. The third-order valence-corrected chi connectivity index (χ3v) is 3.67. The van der Waals surface area contributed by atoms with Gasteiger partial charge < -0.3 is 15.0 Å². The van der Waals surface area contributed by atoms with E-state index in [-0.39, 0.29) is 6.04 Å². The van der Waals surface area contributed by atoms with E-state index < -0.39 is 0 Å². The Hall–Kier alpha value is -1.88. The molecule has 5 nitrogen and oxygen atoms in total. The number of aromatic nitrogens is 2. The number of hydrogen-bond donors (Lipinski definition) is 1. The molecule has 0 bridgehead atoms. The Bertz CT molecular complexity index is 582. The summed E-state index contributed by atoms with van der Waals surface area (Å²) in [5, 5.41) is 4.07. The lowest BCUT2D eigenvalue weighted by atomic mass is 10.1. The van der Waals surface area contributed by atoms with E-state index in [9.17, 15) is 0 Å². The molecule has 2 unspecified atom stereocenters. The van der Waals surface area contributed by atoms with Gasteiger partial charge in [-0.25, -0.2) is 0 Å². The minimum absolute atomic E-state index is 0.261. The highest BCUT2D eigenvalue weighted by Crippen LogP contribution is 2.33. The molecule has 2 aromatic rings. The fraction of sp³-hybridized carbons (Fsp3) is 0.467. The Morgan fingerprint density at radius 2 is 2.30 bits per heavy atom. The summed E-state index contributed by atoms with van der Waals surface area (Å²) < 4.78 is 10.9. The first-order valence-electron chi connectivity index (χ1n) is 7.08. The minimum atomic E-state index is 0.261. The number of nitrogens with zero attached hydrogens (tertiary/aromatic N) is 2. The van der Waals surface area contributed by atoms with Crippen LogP contribution < -0.4 is 10.5 Å². The van der Waals surface area contributed by atoms with Gasteiger partial charge in [0.05, 0.1) is 6.61 Å². The number of nitrogens with two attached hydrogens (primary N) is 1. The van der Waals surface area contributed by atoms with E-state index in [0.717, 1.165) is 30.6 Å². The van der Waals surface area contributed by atoms with Crippen molar-refractivity contribution >= 4 is 0 Å². The molecule has 1 saturated carbocycles. The zero-order valence-electron chi connectivity index (χ0n) is 11.6. The average molecular weight is 273 g/mol. The van der Waals surface area contributed by atoms with Crippen LogP contribution in [0.2, 0.25) is 0 Å². The summed E-state index contributed by atoms with van der Waals surface area (Å²) in [5.74, 6) is 2.44. The Kier molecular flexibility index (Phi) is 3.69. The van der Waals surface area contributed by atoms with Gasteiger partial charge in [-0.15, -0.1) is 0 Å². The monoisotopic (exact) mass is 273 g/mol.